The SMILES string of the molecule is C=C(C)C(=O)OCCCC[Si](C)(C)O[Si](C)(C)O[Si](C)(CCCOC(C(F)(F)F)C(F)(F)F)O[Si](C)(C)CCCCOC(=O)C(=C)C. The Labute approximate surface area is 280 Å². The van der Waals surface area contributed by atoms with E-state index in [9.17, 15) is 35.9 Å². The Kier molecular flexibility index (Phi) is 18.7. The molecule has 0 bridgehead atoms. The summed E-state index contributed by atoms with van der Waals surface area (Å²) in [5, 5.41) is 0. The summed E-state index contributed by atoms with van der Waals surface area (Å²) in [6.45, 7) is 23.4. The van der Waals surface area contributed by atoms with Gasteiger partial charge in [-0.1, -0.05) is 26.0 Å². The van der Waals surface area contributed by atoms with Crippen LogP contribution in [0.1, 0.15) is 46.0 Å². The molecule has 0 amide bonds. The largest absolute Gasteiger partial charge is 0.462 e. The second-order valence-corrected chi connectivity index (χ2v) is 29.6. The lowest BCUT2D eigenvalue weighted by Crippen LogP contribution is -2.57. The first-order valence-corrected chi connectivity index (χ1v) is 27.2. The molecule has 0 fully saturated rings. The van der Waals surface area contributed by atoms with Gasteiger partial charge in [-0.15, -0.1) is 0 Å². The number of halogens is 6. The highest BCUT2D eigenvalue weighted by atomic mass is 28.5. The molecule has 0 aromatic rings. The van der Waals surface area contributed by atoms with Gasteiger partial charge in [-0.05, 0) is 97.1 Å². The number of alkyl halides is 6. The summed E-state index contributed by atoms with van der Waals surface area (Å²) in [6.07, 6.45) is -12.6. The van der Waals surface area contributed by atoms with Gasteiger partial charge in [0.15, 0.2) is 16.6 Å². The van der Waals surface area contributed by atoms with Gasteiger partial charge in [0.1, 0.15) is 0 Å². The third kappa shape index (κ3) is 20.7. The molecule has 0 aliphatic carbocycles. The van der Waals surface area contributed by atoms with Gasteiger partial charge in [0.25, 0.3) is 0 Å². The Morgan fingerprint density at radius 1 is 0.596 bits per heavy atom. The quantitative estimate of drug-likeness (QED) is 0.0336. The molecule has 0 spiro atoms. The monoisotopic (exact) mass is 756 g/mol. The van der Waals surface area contributed by atoms with E-state index in [4.69, 9.17) is 21.8 Å². The number of carbonyl (C=O) groups excluding carboxylic acids is 2. The van der Waals surface area contributed by atoms with Crippen molar-refractivity contribution in [2.75, 3.05) is 19.8 Å². The van der Waals surface area contributed by atoms with E-state index in [0.717, 1.165) is 12.5 Å². The molecule has 0 aliphatic rings. The molecular weight excluding hydrogens is 703 g/mol. The second kappa shape index (κ2) is 19.2. The lowest BCUT2D eigenvalue weighted by atomic mass is 10.3. The van der Waals surface area contributed by atoms with Crippen LogP contribution in [-0.2, 0) is 36.1 Å². The highest BCUT2D eigenvalue weighted by molar-refractivity contribution is 6.89. The smallest absolute Gasteiger partial charge is 0.423 e. The highest BCUT2D eigenvalue weighted by Gasteiger charge is 2.58. The zero-order chi connectivity index (χ0) is 36.9. The third-order valence-corrected chi connectivity index (χ3v) is 22.8. The van der Waals surface area contributed by atoms with Crippen LogP contribution < -0.4 is 0 Å². The molecule has 47 heavy (non-hydrogen) atoms. The molecule has 0 heterocycles. The molecule has 18 heteroatoms. The maximum absolute atomic E-state index is 13.0. The minimum absolute atomic E-state index is 0.0952. The first-order chi connectivity index (χ1) is 21.1. The van der Waals surface area contributed by atoms with E-state index in [1.807, 2.05) is 39.3 Å². The number of hydrogen-bond donors (Lipinski definition) is 0. The predicted molar refractivity (Wildman–Crippen MR) is 178 cm³/mol. The van der Waals surface area contributed by atoms with Crippen LogP contribution in [0.4, 0.5) is 26.3 Å². The normalized spacial score (nSPS) is 14.6. The van der Waals surface area contributed by atoms with Crippen LogP contribution in [0, 0.1) is 0 Å². The average Bonchev–Trinajstić information content (AvgIpc) is 2.84. The Morgan fingerprint density at radius 3 is 1.38 bits per heavy atom. The van der Waals surface area contributed by atoms with Crippen LogP contribution in [0.5, 0.6) is 0 Å². The minimum atomic E-state index is -5.59. The number of rotatable bonds is 23. The summed E-state index contributed by atoms with van der Waals surface area (Å²) in [5.74, 6) is -0.920. The zero-order valence-corrected chi connectivity index (χ0v) is 33.3. The second-order valence-electron chi connectivity index (χ2n) is 13.5. The van der Waals surface area contributed by atoms with E-state index >= 15 is 0 Å². The van der Waals surface area contributed by atoms with Gasteiger partial charge < -0.3 is 26.6 Å². The number of carbonyl (C=O) groups is 2. The molecule has 1 atom stereocenters. The van der Waals surface area contributed by atoms with E-state index in [0.29, 0.717) is 36.5 Å². The van der Waals surface area contributed by atoms with Crippen molar-refractivity contribution in [2.45, 2.75) is 128 Å². The van der Waals surface area contributed by atoms with Crippen LogP contribution >= 0.6 is 0 Å². The Morgan fingerprint density at radius 2 is 1.00 bits per heavy atom. The molecule has 0 aromatic carbocycles. The van der Waals surface area contributed by atoms with Crippen molar-refractivity contribution in [3.8, 4) is 0 Å². The van der Waals surface area contributed by atoms with Crippen molar-refractivity contribution in [1.82, 2.24) is 0 Å². The first kappa shape index (κ1) is 45.7. The van der Waals surface area contributed by atoms with Gasteiger partial charge in [0, 0.05) is 17.8 Å². The summed E-state index contributed by atoms with van der Waals surface area (Å²) >= 11 is 0. The van der Waals surface area contributed by atoms with E-state index < -0.39 is 70.8 Å². The molecule has 1 unspecified atom stereocenters. The van der Waals surface area contributed by atoms with Crippen molar-refractivity contribution >= 4 is 45.7 Å². The lowest BCUT2D eigenvalue weighted by Gasteiger charge is -2.43. The van der Waals surface area contributed by atoms with Crippen molar-refractivity contribution in [2.24, 2.45) is 0 Å². The van der Waals surface area contributed by atoms with Gasteiger partial charge in [-0.3, -0.25) is 0 Å². The van der Waals surface area contributed by atoms with Crippen LogP contribution in [-0.4, -0.2) is 84.0 Å². The zero-order valence-electron chi connectivity index (χ0n) is 29.3. The van der Waals surface area contributed by atoms with Gasteiger partial charge in [0.2, 0.25) is 6.10 Å². The fraction of sp³-hybridized carbons (Fsp3) is 0.793. The fourth-order valence-electron chi connectivity index (χ4n) is 4.87. The number of unbranched alkanes of at least 4 members (excludes halogenated alkanes) is 2. The molecule has 0 saturated carbocycles. The number of ether oxygens (including phenoxy) is 3. The molecule has 0 N–H and O–H groups in total. The van der Waals surface area contributed by atoms with E-state index in [1.54, 1.807) is 20.4 Å². The molecule has 0 rings (SSSR count). The van der Waals surface area contributed by atoms with Crippen LogP contribution in [0.25, 0.3) is 0 Å². The maximum Gasteiger partial charge on any atom is 0.423 e. The average molecular weight is 757 g/mol. The minimum Gasteiger partial charge on any atom is -0.462 e. The van der Waals surface area contributed by atoms with Gasteiger partial charge in [-0.2, -0.15) is 26.3 Å². The van der Waals surface area contributed by atoms with Crippen molar-refractivity contribution in [3.05, 3.63) is 24.3 Å². The Bertz CT molecular complexity index is 1020. The summed E-state index contributed by atoms with van der Waals surface area (Å²) in [5.41, 5.74) is 0.622. The lowest BCUT2D eigenvalue weighted by molar-refractivity contribution is -0.321. The van der Waals surface area contributed by atoms with Crippen LogP contribution in [0.2, 0.25) is 64.0 Å². The van der Waals surface area contributed by atoms with Crippen molar-refractivity contribution in [3.63, 3.8) is 0 Å². The molecular formula is C29H54F6O8Si4. The fourth-order valence-corrected chi connectivity index (χ4v) is 24.7. The van der Waals surface area contributed by atoms with Gasteiger partial charge in [-0.25, -0.2) is 9.59 Å². The standard InChI is InChI=1S/C29H54F6O8Si4/c1-23(2)25(36)38-17-12-14-20-44(5,6)41-46(9,10)43-47(11,22-16-19-40-27(28(30,31)32)29(33,34)35)42-45(7,8)21-15-13-18-39-26(37)24(3)4/h27H,1,3,12-22H2,2,4-11H3. The summed E-state index contributed by atoms with van der Waals surface area (Å²) in [6, 6.07) is 1.50. The van der Waals surface area contributed by atoms with E-state index in [1.165, 1.54) is 0 Å². The Hall–Kier alpha value is -1.29. The topological polar surface area (TPSA) is 89.5 Å². The highest BCUT2D eigenvalue weighted by Crippen LogP contribution is 2.36. The van der Waals surface area contributed by atoms with Gasteiger partial charge in [0.05, 0.1) is 13.2 Å². The van der Waals surface area contributed by atoms with Crippen LogP contribution in [0.3, 0.4) is 0 Å². The van der Waals surface area contributed by atoms with E-state index in [2.05, 4.69) is 17.9 Å². The van der Waals surface area contributed by atoms with Gasteiger partial charge >= 0.3 is 41.4 Å². The predicted octanol–water partition coefficient (Wildman–Crippen LogP) is 8.92. The third-order valence-electron chi connectivity index (χ3n) is 6.64. The maximum atomic E-state index is 13.0. The molecule has 8 nitrogen and oxygen atoms in total. The molecule has 276 valence electrons. The summed E-state index contributed by atoms with van der Waals surface area (Å²) in [7, 11) is -10.9. The Balaban J connectivity index is 5.57. The molecule has 0 aromatic heterocycles. The van der Waals surface area contributed by atoms with Crippen molar-refractivity contribution < 1.29 is 62.5 Å². The van der Waals surface area contributed by atoms with E-state index in [-0.39, 0.29) is 25.7 Å². The number of esters is 2. The first-order valence-electron chi connectivity index (χ1n) is 15.6. The van der Waals surface area contributed by atoms with Crippen LogP contribution in [0.15, 0.2) is 24.3 Å². The molecule has 0 aliphatic heterocycles. The summed E-state index contributed by atoms with van der Waals surface area (Å²) < 4.78 is 112. The summed E-state index contributed by atoms with van der Waals surface area (Å²) in [4.78, 5) is 23.2. The molecule has 0 radical (unpaired) electrons. The number of hydrogen-bond acceptors (Lipinski definition) is 8. The van der Waals surface area contributed by atoms with Crippen molar-refractivity contribution in [1.29, 1.82) is 0 Å². The molecule has 0 saturated heterocycles.